The number of hydrogen-bond donors (Lipinski definition) is 2. The number of nitrogens with one attached hydrogen (secondary N) is 2. The van der Waals surface area contributed by atoms with Gasteiger partial charge in [-0.1, -0.05) is 48.5 Å². The number of hydrazone groups is 1. The lowest BCUT2D eigenvalue weighted by Crippen LogP contribution is -2.25. The monoisotopic (exact) mass is 383 g/mol. The SMILES string of the molecule is COc1ccc(NCC(=O)NN=Cc2c3ccccc3cc3ccccc23)cc1. The van der Waals surface area contributed by atoms with Gasteiger partial charge in [0.15, 0.2) is 0 Å². The Morgan fingerprint density at radius 3 is 2.17 bits per heavy atom. The lowest BCUT2D eigenvalue weighted by atomic mass is 9.97. The normalized spacial score (nSPS) is 11.1. The third-order valence-electron chi connectivity index (χ3n) is 4.74. The first-order chi connectivity index (χ1) is 14.2. The molecule has 1 amide bonds. The van der Waals surface area contributed by atoms with Crippen LogP contribution in [-0.2, 0) is 4.79 Å². The fourth-order valence-corrected chi connectivity index (χ4v) is 3.29. The molecule has 29 heavy (non-hydrogen) atoms. The second-order valence-corrected chi connectivity index (χ2v) is 6.61. The summed E-state index contributed by atoms with van der Waals surface area (Å²) in [6, 6.07) is 25.9. The fraction of sp³-hybridized carbons (Fsp3) is 0.0833. The van der Waals surface area contributed by atoms with Crippen molar-refractivity contribution < 1.29 is 9.53 Å². The van der Waals surface area contributed by atoms with Gasteiger partial charge in [0.25, 0.3) is 5.91 Å². The van der Waals surface area contributed by atoms with Gasteiger partial charge in [0.1, 0.15) is 5.75 Å². The van der Waals surface area contributed by atoms with Crippen LogP contribution in [0.1, 0.15) is 5.56 Å². The number of amides is 1. The van der Waals surface area contributed by atoms with E-state index in [1.807, 2.05) is 48.5 Å². The van der Waals surface area contributed by atoms with Crippen LogP contribution in [0.2, 0.25) is 0 Å². The number of benzene rings is 4. The first-order valence-corrected chi connectivity index (χ1v) is 9.35. The molecule has 0 radical (unpaired) electrons. The molecule has 0 aliphatic rings. The second kappa shape index (κ2) is 8.44. The van der Waals surface area contributed by atoms with E-state index < -0.39 is 0 Å². The number of ether oxygens (including phenoxy) is 1. The molecule has 0 saturated carbocycles. The summed E-state index contributed by atoms with van der Waals surface area (Å²) < 4.78 is 5.12. The Morgan fingerprint density at radius 2 is 1.55 bits per heavy atom. The van der Waals surface area contributed by atoms with Gasteiger partial charge in [0, 0.05) is 11.3 Å². The molecule has 4 aromatic carbocycles. The predicted octanol–water partition coefficient (Wildman–Crippen LogP) is 4.56. The van der Waals surface area contributed by atoms with Crippen molar-refractivity contribution in [2.24, 2.45) is 5.10 Å². The van der Waals surface area contributed by atoms with Gasteiger partial charge in [0.2, 0.25) is 0 Å². The Morgan fingerprint density at radius 1 is 0.931 bits per heavy atom. The Balaban J connectivity index is 1.48. The highest BCUT2D eigenvalue weighted by Crippen LogP contribution is 2.27. The van der Waals surface area contributed by atoms with Crippen LogP contribution >= 0.6 is 0 Å². The Kier molecular flexibility index (Phi) is 5.38. The van der Waals surface area contributed by atoms with E-state index in [0.717, 1.165) is 38.5 Å². The smallest absolute Gasteiger partial charge is 0.259 e. The largest absolute Gasteiger partial charge is 0.497 e. The van der Waals surface area contributed by atoms with Crippen molar-refractivity contribution in [3.05, 3.63) is 84.4 Å². The van der Waals surface area contributed by atoms with Crippen molar-refractivity contribution in [3.63, 3.8) is 0 Å². The third-order valence-corrected chi connectivity index (χ3v) is 4.74. The molecular weight excluding hydrogens is 362 g/mol. The molecule has 0 aliphatic carbocycles. The van der Waals surface area contributed by atoms with Crippen LogP contribution in [0.5, 0.6) is 5.75 Å². The van der Waals surface area contributed by atoms with Gasteiger partial charge >= 0.3 is 0 Å². The maximum atomic E-state index is 12.1. The summed E-state index contributed by atoms with van der Waals surface area (Å²) in [5.41, 5.74) is 4.42. The number of fused-ring (bicyclic) bond motifs is 2. The molecule has 144 valence electrons. The topological polar surface area (TPSA) is 62.7 Å². The van der Waals surface area contributed by atoms with E-state index in [2.05, 4.69) is 46.2 Å². The van der Waals surface area contributed by atoms with Crippen LogP contribution < -0.4 is 15.5 Å². The first kappa shape index (κ1) is 18.5. The van der Waals surface area contributed by atoms with Crippen LogP contribution in [0, 0.1) is 0 Å². The van der Waals surface area contributed by atoms with Gasteiger partial charge in [-0.15, -0.1) is 0 Å². The number of rotatable bonds is 6. The van der Waals surface area contributed by atoms with Gasteiger partial charge in [0.05, 0.1) is 19.9 Å². The van der Waals surface area contributed by atoms with Crippen molar-refractivity contribution in [1.82, 2.24) is 5.43 Å². The quantitative estimate of drug-likeness (QED) is 0.291. The number of carbonyl (C=O) groups is 1. The van der Waals surface area contributed by atoms with E-state index in [-0.39, 0.29) is 12.5 Å². The Labute approximate surface area is 169 Å². The fourth-order valence-electron chi connectivity index (χ4n) is 3.29. The zero-order chi connectivity index (χ0) is 20.1. The maximum absolute atomic E-state index is 12.1. The molecular formula is C24H21N3O2. The van der Waals surface area contributed by atoms with Crippen molar-refractivity contribution in [2.75, 3.05) is 19.0 Å². The zero-order valence-corrected chi connectivity index (χ0v) is 16.1. The molecule has 0 aliphatic heterocycles. The zero-order valence-electron chi connectivity index (χ0n) is 16.1. The van der Waals surface area contributed by atoms with E-state index in [1.165, 1.54) is 0 Å². The molecule has 0 aromatic heterocycles. The van der Waals surface area contributed by atoms with Crippen LogP contribution in [-0.4, -0.2) is 25.8 Å². The minimum Gasteiger partial charge on any atom is -0.497 e. The van der Waals surface area contributed by atoms with E-state index in [9.17, 15) is 4.79 Å². The lowest BCUT2D eigenvalue weighted by Gasteiger charge is -2.08. The van der Waals surface area contributed by atoms with Gasteiger partial charge < -0.3 is 10.1 Å². The third kappa shape index (κ3) is 4.19. The molecule has 0 saturated heterocycles. The molecule has 5 nitrogen and oxygen atoms in total. The van der Waals surface area contributed by atoms with Gasteiger partial charge in [-0.25, -0.2) is 5.43 Å². The standard InChI is InChI=1S/C24H21N3O2/c1-29-20-12-10-19(11-13-20)25-16-24(28)27-26-15-23-21-8-4-2-6-17(21)14-18-7-3-5-9-22(18)23/h2-15,25H,16H2,1H3,(H,27,28). The highest BCUT2D eigenvalue weighted by atomic mass is 16.5. The number of methoxy groups -OCH3 is 1. The second-order valence-electron chi connectivity index (χ2n) is 6.61. The molecule has 4 aromatic rings. The van der Waals surface area contributed by atoms with Crippen molar-refractivity contribution in [2.45, 2.75) is 0 Å². The van der Waals surface area contributed by atoms with Crippen LogP contribution in [0.15, 0.2) is 84.0 Å². The van der Waals surface area contributed by atoms with Crippen molar-refractivity contribution >= 4 is 39.4 Å². The molecule has 5 heteroatoms. The first-order valence-electron chi connectivity index (χ1n) is 9.35. The van der Waals surface area contributed by atoms with Crippen LogP contribution in [0.3, 0.4) is 0 Å². The predicted molar refractivity (Wildman–Crippen MR) is 119 cm³/mol. The molecule has 0 heterocycles. The molecule has 0 atom stereocenters. The minimum absolute atomic E-state index is 0.125. The maximum Gasteiger partial charge on any atom is 0.259 e. The summed E-state index contributed by atoms with van der Waals surface area (Å²) in [5, 5.41) is 11.7. The summed E-state index contributed by atoms with van der Waals surface area (Å²) in [4.78, 5) is 12.1. The number of hydrogen-bond acceptors (Lipinski definition) is 4. The lowest BCUT2D eigenvalue weighted by molar-refractivity contribution is -0.119. The highest BCUT2D eigenvalue weighted by molar-refractivity contribution is 6.13. The van der Waals surface area contributed by atoms with Gasteiger partial charge in [-0.3, -0.25) is 4.79 Å². The van der Waals surface area contributed by atoms with Crippen LogP contribution in [0.4, 0.5) is 5.69 Å². The summed E-state index contributed by atoms with van der Waals surface area (Å²) in [7, 11) is 1.62. The van der Waals surface area contributed by atoms with Gasteiger partial charge in [-0.05, 0) is 51.9 Å². The summed E-state index contributed by atoms with van der Waals surface area (Å²) >= 11 is 0. The summed E-state index contributed by atoms with van der Waals surface area (Å²) in [6.45, 7) is 0.125. The van der Waals surface area contributed by atoms with Crippen LogP contribution in [0.25, 0.3) is 21.5 Å². The van der Waals surface area contributed by atoms with Crippen molar-refractivity contribution in [1.29, 1.82) is 0 Å². The number of carbonyl (C=O) groups excluding carboxylic acids is 1. The van der Waals surface area contributed by atoms with E-state index in [4.69, 9.17) is 4.74 Å². The average molecular weight is 383 g/mol. The number of nitrogens with zero attached hydrogens (tertiary/aromatic N) is 1. The van der Waals surface area contributed by atoms with Crippen molar-refractivity contribution in [3.8, 4) is 5.75 Å². The molecule has 4 rings (SSSR count). The molecule has 0 bridgehead atoms. The molecule has 2 N–H and O–H groups in total. The summed E-state index contributed by atoms with van der Waals surface area (Å²) in [5.74, 6) is 0.550. The average Bonchev–Trinajstić information content (AvgIpc) is 2.77. The Hall–Kier alpha value is -3.86. The Bertz CT molecular complexity index is 1130. The molecule has 0 spiro atoms. The van der Waals surface area contributed by atoms with Gasteiger partial charge in [-0.2, -0.15) is 5.10 Å². The highest BCUT2D eigenvalue weighted by Gasteiger charge is 2.06. The van der Waals surface area contributed by atoms with E-state index in [0.29, 0.717) is 0 Å². The number of anilines is 1. The molecule has 0 fully saturated rings. The minimum atomic E-state index is -0.221. The summed E-state index contributed by atoms with van der Waals surface area (Å²) in [6.07, 6.45) is 1.72. The molecule has 0 unspecified atom stereocenters. The van der Waals surface area contributed by atoms with E-state index in [1.54, 1.807) is 13.3 Å². The van der Waals surface area contributed by atoms with E-state index >= 15 is 0 Å².